The van der Waals surface area contributed by atoms with Crippen LogP contribution in [0.15, 0.2) is 18.2 Å². The Morgan fingerprint density at radius 1 is 1.40 bits per heavy atom. The molecule has 0 atom stereocenters. The predicted octanol–water partition coefficient (Wildman–Crippen LogP) is 0.598. The molecule has 0 fully saturated rings. The molecule has 0 radical (unpaired) electrons. The maximum Gasteiger partial charge on any atom is 0.307 e. The van der Waals surface area contributed by atoms with E-state index < -0.39 is 0 Å². The first-order chi connectivity index (χ1) is 9.60. The summed E-state index contributed by atoms with van der Waals surface area (Å²) in [5, 5.41) is 2.68. The second-order valence-corrected chi connectivity index (χ2v) is 4.07. The van der Waals surface area contributed by atoms with Gasteiger partial charge in [0.1, 0.15) is 0 Å². The minimum absolute atomic E-state index is 0.147. The van der Waals surface area contributed by atoms with Crippen molar-refractivity contribution in [3.8, 4) is 11.8 Å². The lowest BCUT2D eigenvalue weighted by atomic mass is 10.0. The summed E-state index contributed by atoms with van der Waals surface area (Å²) < 4.78 is 4.50. The Kier molecular flexibility index (Phi) is 6.27. The number of amides is 1. The van der Waals surface area contributed by atoms with Gasteiger partial charge < -0.3 is 15.8 Å². The summed E-state index contributed by atoms with van der Waals surface area (Å²) in [6, 6.07) is 5.32. The largest absolute Gasteiger partial charge is 0.469 e. The van der Waals surface area contributed by atoms with Crippen molar-refractivity contribution < 1.29 is 14.3 Å². The molecule has 0 aliphatic carbocycles. The molecule has 3 N–H and O–H groups in total. The third-order valence-electron chi connectivity index (χ3n) is 2.75. The standard InChI is InChI=1S/C15H18N2O3/c1-11-12(6-4-9-16)5-3-7-13(11)15(19)17-10-8-14(18)20-2/h3,5,7H,8-10,16H2,1-2H3,(H,17,19). The van der Waals surface area contributed by atoms with Gasteiger partial charge >= 0.3 is 5.97 Å². The van der Waals surface area contributed by atoms with E-state index in [0.29, 0.717) is 5.56 Å². The van der Waals surface area contributed by atoms with Gasteiger partial charge in [0.05, 0.1) is 20.1 Å². The first-order valence-electron chi connectivity index (χ1n) is 6.23. The maximum atomic E-state index is 12.0. The number of ether oxygens (including phenoxy) is 1. The van der Waals surface area contributed by atoms with Crippen LogP contribution >= 0.6 is 0 Å². The van der Waals surface area contributed by atoms with Crippen molar-refractivity contribution in [3.63, 3.8) is 0 Å². The van der Waals surface area contributed by atoms with Crippen LogP contribution < -0.4 is 11.1 Å². The molecule has 0 aliphatic rings. The van der Waals surface area contributed by atoms with E-state index in [-0.39, 0.29) is 31.4 Å². The summed E-state index contributed by atoms with van der Waals surface area (Å²) in [4.78, 5) is 23.0. The van der Waals surface area contributed by atoms with Crippen molar-refractivity contribution in [2.24, 2.45) is 5.73 Å². The van der Waals surface area contributed by atoms with Gasteiger partial charge in [-0.1, -0.05) is 17.9 Å². The van der Waals surface area contributed by atoms with Crippen LogP contribution in [-0.4, -0.2) is 32.1 Å². The summed E-state index contributed by atoms with van der Waals surface area (Å²) in [6.45, 7) is 2.34. The van der Waals surface area contributed by atoms with E-state index >= 15 is 0 Å². The number of rotatable bonds is 4. The van der Waals surface area contributed by atoms with E-state index in [4.69, 9.17) is 5.73 Å². The molecule has 0 aliphatic heterocycles. The van der Waals surface area contributed by atoms with E-state index in [1.54, 1.807) is 12.1 Å². The van der Waals surface area contributed by atoms with Gasteiger partial charge in [-0.05, 0) is 24.6 Å². The molecule has 0 aromatic heterocycles. The Morgan fingerprint density at radius 3 is 2.80 bits per heavy atom. The Labute approximate surface area is 118 Å². The number of carbonyl (C=O) groups excluding carboxylic acids is 2. The van der Waals surface area contributed by atoms with Crippen molar-refractivity contribution in [1.29, 1.82) is 0 Å². The first-order valence-corrected chi connectivity index (χ1v) is 6.23. The van der Waals surface area contributed by atoms with Crippen molar-refractivity contribution in [2.75, 3.05) is 20.2 Å². The first kappa shape index (κ1) is 15.7. The Balaban J connectivity index is 2.76. The van der Waals surface area contributed by atoms with Crippen LogP contribution in [0.25, 0.3) is 0 Å². The van der Waals surface area contributed by atoms with Gasteiger partial charge in [-0.15, -0.1) is 0 Å². The van der Waals surface area contributed by atoms with Crippen LogP contribution in [0.5, 0.6) is 0 Å². The Hall–Kier alpha value is -2.32. The monoisotopic (exact) mass is 274 g/mol. The molecule has 0 saturated carbocycles. The van der Waals surface area contributed by atoms with Crippen LogP contribution in [0.1, 0.15) is 27.9 Å². The molecule has 1 amide bonds. The van der Waals surface area contributed by atoms with Crippen molar-refractivity contribution in [3.05, 3.63) is 34.9 Å². The van der Waals surface area contributed by atoms with Gasteiger partial charge in [-0.2, -0.15) is 0 Å². The highest BCUT2D eigenvalue weighted by atomic mass is 16.5. The van der Waals surface area contributed by atoms with Gasteiger partial charge in [0.25, 0.3) is 5.91 Å². The minimum Gasteiger partial charge on any atom is -0.469 e. The molecule has 0 unspecified atom stereocenters. The van der Waals surface area contributed by atoms with E-state index in [9.17, 15) is 9.59 Å². The highest BCUT2D eigenvalue weighted by Crippen LogP contribution is 2.12. The molecular weight excluding hydrogens is 256 g/mol. The molecule has 1 aromatic rings. The molecule has 20 heavy (non-hydrogen) atoms. The van der Waals surface area contributed by atoms with Crippen LogP contribution in [-0.2, 0) is 9.53 Å². The number of benzene rings is 1. The molecule has 1 rings (SSSR count). The average molecular weight is 274 g/mol. The second kappa shape index (κ2) is 7.97. The van der Waals surface area contributed by atoms with Gasteiger partial charge in [0.15, 0.2) is 0 Å². The molecule has 1 aromatic carbocycles. The van der Waals surface area contributed by atoms with E-state index in [0.717, 1.165) is 11.1 Å². The molecule has 0 spiro atoms. The lowest BCUT2D eigenvalue weighted by molar-refractivity contribution is -0.140. The maximum absolute atomic E-state index is 12.0. The molecule has 0 heterocycles. The fourth-order valence-corrected chi connectivity index (χ4v) is 1.64. The summed E-state index contributed by atoms with van der Waals surface area (Å²) in [6.07, 6.45) is 0.147. The fraction of sp³-hybridized carbons (Fsp3) is 0.333. The number of esters is 1. The lowest BCUT2D eigenvalue weighted by Crippen LogP contribution is -2.27. The van der Waals surface area contributed by atoms with E-state index in [1.807, 2.05) is 13.0 Å². The summed E-state index contributed by atoms with van der Waals surface area (Å²) in [7, 11) is 1.31. The number of hydrogen-bond donors (Lipinski definition) is 2. The van der Waals surface area contributed by atoms with Gasteiger partial charge in [0, 0.05) is 17.7 Å². The number of hydrogen-bond acceptors (Lipinski definition) is 4. The molecule has 106 valence electrons. The summed E-state index contributed by atoms with van der Waals surface area (Å²) in [5.74, 6) is 5.09. The smallest absolute Gasteiger partial charge is 0.307 e. The van der Waals surface area contributed by atoms with Crippen LogP contribution in [0.3, 0.4) is 0 Å². The number of carbonyl (C=O) groups is 2. The second-order valence-electron chi connectivity index (χ2n) is 4.07. The van der Waals surface area contributed by atoms with Crippen molar-refractivity contribution in [2.45, 2.75) is 13.3 Å². The fourth-order valence-electron chi connectivity index (χ4n) is 1.64. The van der Waals surface area contributed by atoms with Crippen LogP contribution in [0.4, 0.5) is 0 Å². The topological polar surface area (TPSA) is 81.4 Å². The third kappa shape index (κ3) is 4.41. The molecule has 5 nitrogen and oxygen atoms in total. The predicted molar refractivity (Wildman–Crippen MR) is 76.1 cm³/mol. The number of nitrogens with one attached hydrogen (secondary N) is 1. The van der Waals surface area contributed by atoms with Gasteiger partial charge in [0.2, 0.25) is 0 Å². The van der Waals surface area contributed by atoms with E-state index in [1.165, 1.54) is 7.11 Å². The molecular formula is C15H18N2O3. The lowest BCUT2D eigenvalue weighted by Gasteiger charge is -2.08. The van der Waals surface area contributed by atoms with Crippen LogP contribution in [0, 0.1) is 18.8 Å². The van der Waals surface area contributed by atoms with Gasteiger partial charge in [-0.3, -0.25) is 9.59 Å². The number of methoxy groups -OCH3 is 1. The number of nitrogens with two attached hydrogens (primary N) is 1. The molecule has 0 saturated heterocycles. The zero-order valence-electron chi connectivity index (χ0n) is 11.7. The average Bonchev–Trinajstić information content (AvgIpc) is 2.45. The normalized spacial score (nSPS) is 9.35. The Bertz CT molecular complexity index is 556. The SMILES string of the molecule is COC(=O)CCNC(=O)c1cccc(C#CCN)c1C. The summed E-state index contributed by atoms with van der Waals surface area (Å²) >= 11 is 0. The third-order valence-corrected chi connectivity index (χ3v) is 2.75. The van der Waals surface area contributed by atoms with Gasteiger partial charge in [-0.25, -0.2) is 0 Å². The Morgan fingerprint density at radius 2 is 2.15 bits per heavy atom. The molecule has 5 heteroatoms. The minimum atomic E-state index is -0.357. The molecule has 0 bridgehead atoms. The highest BCUT2D eigenvalue weighted by Gasteiger charge is 2.11. The highest BCUT2D eigenvalue weighted by molar-refractivity contribution is 5.96. The zero-order chi connectivity index (χ0) is 15.0. The van der Waals surface area contributed by atoms with Crippen molar-refractivity contribution >= 4 is 11.9 Å². The quantitative estimate of drug-likeness (QED) is 0.622. The van der Waals surface area contributed by atoms with Crippen molar-refractivity contribution in [1.82, 2.24) is 5.32 Å². The van der Waals surface area contributed by atoms with Crippen LogP contribution in [0.2, 0.25) is 0 Å². The van der Waals surface area contributed by atoms with E-state index in [2.05, 4.69) is 21.9 Å². The summed E-state index contributed by atoms with van der Waals surface area (Å²) in [5.41, 5.74) is 7.44. The zero-order valence-corrected chi connectivity index (χ0v) is 11.7.